The SMILES string of the molecule is CCNC1CCCCCC1Oc1cc(C)ccc1F. The van der Waals surface area contributed by atoms with Crippen LogP contribution in [0.1, 0.15) is 44.6 Å². The van der Waals surface area contributed by atoms with Gasteiger partial charge in [-0.05, 0) is 50.4 Å². The molecule has 0 saturated heterocycles. The topological polar surface area (TPSA) is 21.3 Å². The summed E-state index contributed by atoms with van der Waals surface area (Å²) in [6.07, 6.45) is 5.85. The minimum atomic E-state index is -0.259. The maximum absolute atomic E-state index is 13.8. The molecule has 0 heterocycles. The Morgan fingerprint density at radius 1 is 1.26 bits per heavy atom. The minimum Gasteiger partial charge on any atom is -0.486 e. The Bertz CT molecular complexity index is 408. The van der Waals surface area contributed by atoms with Gasteiger partial charge in [0.1, 0.15) is 6.10 Å². The Morgan fingerprint density at radius 2 is 2.05 bits per heavy atom. The highest BCUT2D eigenvalue weighted by Crippen LogP contribution is 2.26. The van der Waals surface area contributed by atoms with Crippen LogP contribution in [0.3, 0.4) is 0 Å². The van der Waals surface area contributed by atoms with Crippen LogP contribution >= 0.6 is 0 Å². The Labute approximate surface area is 115 Å². The molecule has 0 bridgehead atoms. The number of nitrogens with one attached hydrogen (secondary N) is 1. The minimum absolute atomic E-state index is 0.0822. The van der Waals surface area contributed by atoms with Gasteiger partial charge in [-0.3, -0.25) is 0 Å². The molecule has 1 aliphatic carbocycles. The summed E-state index contributed by atoms with van der Waals surface area (Å²) in [5.41, 5.74) is 1.03. The van der Waals surface area contributed by atoms with E-state index in [1.807, 2.05) is 6.92 Å². The zero-order valence-electron chi connectivity index (χ0n) is 11.9. The predicted octanol–water partition coefficient (Wildman–Crippen LogP) is 3.82. The van der Waals surface area contributed by atoms with Crippen molar-refractivity contribution in [1.29, 1.82) is 0 Å². The summed E-state index contributed by atoms with van der Waals surface area (Å²) < 4.78 is 19.8. The Morgan fingerprint density at radius 3 is 2.84 bits per heavy atom. The van der Waals surface area contributed by atoms with E-state index >= 15 is 0 Å². The van der Waals surface area contributed by atoms with Gasteiger partial charge >= 0.3 is 0 Å². The van der Waals surface area contributed by atoms with Crippen LogP contribution in [0.15, 0.2) is 18.2 Å². The highest BCUT2D eigenvalue weighted by Gasteiger charge is 2.25. The first-order valence-corrected chi connectivity index (χ1v) is 7.37. The fraction of sp³-hybridized carbons (Fsp3) is 0.625. The van der Waals surface area contributed by atoms with Crippen LogP contribution in [0.25, 0.3) is 0 Å². The molecule has 106 valence electrons. The molecule has 0 radical (unpaired) electrons. The van der Waals surface area contributed by atoms with E-state index in [0.717, 1.165) is 24.9 Å². The molecule has 1 aromatic rings. The van der Waals surface area contributed by atoms with Gasteiger partial charge in [-0.1, -0.05) is 25.8 Å². The maximum Gasteiger partial charge on any atom is 0.165 e. The molecule has 1 aliphatic rings. The smallest absolute Gasteiger partial charge is 0.165 e. The van der Waals surface area contributed by atoms with Gasteiger partial charge in [0.2, 0.25) is 0 Å². The number of ether oxygens (including phenoxy) is 1. The van der Waals surface area contributed by atoms with E-state index in [2.05, 4.69) is 12.2 Å². The number of halogens is 1. The second-order valence-electron chi connectivity index (χ2n) is 5.39. The molecule has 2 unspecified atom stereocenters. The third-order valence-corrected chi connectivity index (χ3v) is 3.78. The summed E-state index contributed by atoms with van der Waals surface area (Å²) in [5.74, 6) is 0.139. The molecule has 2 rings (SSSR count). The van der Waals surface area contributed by atoms with Gasteiger partial charge in [0, 0.05) is 6.04 Å². The van der Waals surface area contributed by atoms with Crippen molar-refractivity contribution in [3.63, 3.8) is 0 Å². The Balaban J connectivity index is 2.11. The molecular weight excluding hydrogens is 241 g/mol. The van der Waals surface area contributed by atoms with E-state index in [0.29, 0.717) is 11.8 Å². The van der Waals surface area contributed by atoms with Crippen molar-refractivity contribution in [3.05, 3.63) is 29.6 Å². The molecule has 3 heteroatoms. The van der Waals surface area contributed by atoms with Crippen LogP contribution < -0.4 is 10.1 Å². The summed E-state index contributed by atoms with van der Waals surface area (Å²) >= 11 is 0. The van der Waals surface area contributed by atoms with Gasteiger partial charge < -0.3 is 10.1 Å². The summed E-state index contributed by atoms with van der Waals surface area (Å²) in [6.45, 7) is 5.00. The first-order valence-electron chi connectivity index (χ1n) is 7.37. The summed E-state index contributed by atoms with van der Waals surface area (Å²) in [5, 5.41) is 3.48. The van der Waals surface area contributed by atoms with Crippen molar-refractivity contribution in [2.75, 3.05) is 6.54 Å². The number of rotatable bonds is 4. The largest absolute Gasteiger partial charge is 0.486 e. The molecule has 1 aromatic carbocycles. The van der Waals surface area contributed by atoms with Crippen LogP contribution in [0, 0.1) is 12.7 Å². The van der Waals surface area contributed by atoms with Gasteiger partial charge in [0.15, 0.2) is 11.6 Å². The van der Waals surface area contributed by atoms with Gasteiger partial charge in [0.05, 0.1) is 0 Å². The van der Waals surface area contributed by atoms with Gasteiger partial charge in [-0.25, -0.2) is 4.39 Å². The number of likely N-dealkylation sites (N-methyl/N-ethyl adjacent to an activating group) is 1. The molecule has 0 spiro atoms. The molecule has 0 amide bonds. The molecule has 1 fully saturated rings. The molecule has 0 aliphatic heterocycles. The Hall–Kier alpha value is -1.09. The van der Waals surface area contributed by atoms with Crippen molar-refractivity contribution < 1.29 is 9.13 Å². The maximum atomic E-state index is 13.8. The van der Waals surface area contributed by atoms with Gasteiger partial charge in [0.25, 0.3) is 0 Å². The molecule has 1 N–H and O–H groups in total. The van der Waals surface area contributed by atoms with Crippen molar-refractivity contribution in [1.82, 2.24) is 5.32 Å². The normalized spacial score (nSPS) is 23.9. The van der Waals surface area contributed by atoms with Crippen molar-refractivity contribution in [2.24, 2.45) is 0 Å². The van der Waals surface area contributed by atoms with Gasteiger partial charge in [-0.2, -0.15) is 0 Å². The van der Waals surface area contributed by atoms with Crippen molar-refractivity contribution in [2.45, 2.75) is 58.1 Å². The van der Waals surface area contributed by atoms with E-state index in [4.69, 9.17) is 4.74 Å². The quantitative estimate of drug-likeness (QED) is 0.836. The number of benzene rings is 1. The lowest BCUT2D eigenvalue weighted by Gasteiger charge is -2.27. The highest BCUT2D eigenvalue weighted by molar-refractivity contribution is 5.29. The first kappa shape index (κ1) is 14.3. The van der Waals surface area contributed by atoms with E-state index in [9.17, 15) is 4.39 Å². The Kier molecular flexibility index (Phi) is 5.20. The number of aryl methyl sites for hydroxylation is 1. The molecule has 2 atom stereocenters. The molecule has 2 nitrogen and oxygen atoms in total. The summed E-state index contributed by atoms with van der Waals surface area (Å²) in [7, 11) is 0. The van der Waals surface area contributed by atoms with E-state index < -0.39 is 0 Å². The van der Waals surface area contributed by atoms with Crippen LogP contribution in [-0.2, 0) is 0 Å². The van der Waals surface area contributed by atoms with E-state index in [1.54, 1.807) is 12.1 Å². The first-order chi connectivity index (χ1) is 9.20. The second kappa shape index (κ2) is 6.90. The molecular formula is C16H24FNO. The number of hydrogen-bond donors (Lipinski definition) is 1. The lowest BCUT2D eigenvalue weighted by atomic mass is 10.1. The van der Waals surface area contributed by atoms with Crippen LogP contribution in [0.4, 0.5) is 4.39 Å². The third kappa shape index (κ3) is 3.93. The standard InChI is InChI=1S/C16H24FNO/c1-3-18-14-7-5-4-6-8-15(14)19-16-11-12(2)9-10-13(16)17/h9-11,14-15,18H,3-8H2,1-2H3. The van der Waals surface area contributed by atoms with Crippen LogP contribution in [-0.4, -0.2) is 18.7 Å². The molecule has 1 saturated carbocycles. The number of hydrogen-bond acceptors (Lipinski definition) is 2. The highest BCUT2D eigenvalue weighted by atomic mass is 19.1. The third-order valence-electron chi connectivity index (χ3n) is 3.78. The average Bonchev–Trinajstić information content (AvgIpc) is 2.60. The lowest BCUT2D eigenvalue weighted by Crippen LogP contribution is -2.42. The van der Waals surface area contributed by atoms with Crippen LogP contribution in [0.5, 0.6) is 5.75 Å². The second-order valence-corrected chi connectivity index (χ2v) is 5.39. The predicted molar refractivity (Wildman–Crippen MR) is 76.1 cm³/mol. The fourth-order valence-corrected chi connectivity index (χ4v) is 2.77. The summed E-state index contributed by atoms with van der Waals surface area (Å²) in [6, 6.07) is 5.40. The average molecular weight is 265 g/mol. The van der Waals surface area contributed by atoms with Crippen LogP contribution in [0.2, 0.25) is 0 Å². The van der Waals surface area contributed by atoms with Crippen molar-refractivity contribution >= 4 is 0 Å². The monoisotopic (exact) mass is 265 g/mol. The van der Waals surface area contributed by atoms with Crippen molar-refractivity contribution in [3.8, 4) is 5.75 Å². The van der Waals surface area contributed by atoms with Gasteiger partial charge in [-0.15, -0.1) is 0 Å². The fourth-order valence-electron chi connectivity index (χ4n) is 2.77. The zero-order valence-corrected chi connectivity index (χ0v) is 11.9. The van der Waals surface area contributed by atoms with E-state index in [1.165, 1.54) is 25.3 Å². The molecule has 0 aromatic heterocycles. The zero-order chi connectivity index (χ0) is 13.7. The molecule has 19 heavy (non-hydrogen) atoms. The summed E-state index contributed by atoms with van der Waals surface area (Å²) in [4.78, 5) is 0. The lowest BCUT2D eigenvalue weighted by molar-refractivity contribution is 0.139. The van der Waals surface area contributed by atoms with E-state index in [-0.39, 0.29) is 11.9 Å².